The fourth-order valence-electron chi connectivity index (χ4n) is 2.85. The van der Waals surface area contributed by atoms with Gasteiger partial charge in [-0.25, -0.2) is 4.79 Å². The molecule has 0 aromatic carbocycles. The number of carbonyl (C=O) groups excluding carboxylic acids is 1. The molecule has 0 unspecified atom stereocenters. The van der Waals surface area contributed by atoms with Gasteiger partial charge in [0.2, 0.25) is 0 Å². The molecule has 2 bridgehead atoms. The van der Waals surface area contributed by atoms with E-state index in [1.165, 1.54) is 19.3 Å². The highest BCUT2D eigenvalue weighted by Crippen LogP contribution is 2.31. The molecule has 1 saturated heterocycles. The molecule has 2 N–H and O–H groups in total. The first-order valence-corrected chi connectivity index (χ1v) is 6.65. The van der Waals surface area contributed by atoms with Crippen molar-refractivity contribution in [1.29, 1.82) is 0 Å². The van der Waals surface area contributed by atoms with E-state index < -0.39 is 5.60 Å². The van der Waals surface area contributed by atoms with Crippen LogP contribution in [0.3, 0.4) is 0 Å². The van der Waals surface area contributed by atoms with Crippen molar-refractivity contribution in [3.63, 3.8) is 0 Å². The summed E-state index contributed by atoms with van der Waals surface area (Å²) < 4.78 is 5.28. The summed E-state index contributed by atoms with van der Waals surface area (Å²) in [6.45, 7) is 6.54. The van der Waals surface area contributed by atoms with Crippen LogP contribution in [0.4, 0.5) is 4.79 Å². The fourth-order valence-corrected chi connectivity index (χ4v) is 2.85. The van der Waals surface area contributed by atoms with Crippen LogP contribution in [0, 0.1) is 5.92 Å². The van der Waals surface area contributed by atoms with E-state index >= 15 is 0 Å². The van der Waals surface area contributed by atoms with Crippen molar-refractivity contribution in [3.05, 3.63) is 0 Å². The molecule has 0 aromatic rings. The highest BCUT2D eigenvalue weighted by Gasteiger charge is 2.31. The third kappa shape index (κ3) is 3.87. The van der Waals surface area contributed by atoms with Gasteiger partial charge in [0.15, 0.2) is 0 Å². The molecule has 1 aliphatic heterocycles. The molecule has 1 amide bonds. The lowest BCUT2D eigenvalue weighted by atomic mass is 9.99. The van der Waals surface area contributed by atoms with Crippen LogP contribution < -0.4 is 10.6 Å². The van der Waals surface area contributed by atoms with Gasteiger partial charge in [-0.1, -0.05) is 0 Å². The summed E-state index contributed by atoms with van der Waals surface area (Å²) in [5, 5.41) is 6.50. The lowest BCUT2D eigenvalue weighted by Gasteiger charge is -2.25. The van der Waals surface area contributed by atoms with Gasteiger partial charge in [-0.15, -0.1) is 0 Å². The van der Waals surface area contributed by atoms with E-state index in [4.69, 9.17) is 4.74 Å². The molecule has 0 aromatic heterocycles. The number of nitrogens with one attached hydrogen (secondary N) is 2. The molecule has 2 aliphatic rings. The topological polar surface area (TPSA) is 50.4 Å². The zero-order valence-electron chi connectivity index (χ0n) is 11.1. The minimum Gasteiger partial charge on any atom is -0.444 e. The third-order valence-electron chi connectivity index (χ3n) is 3.53. The van der Waals surface area contributed by atoms with Crippen LogP contribution in [0.1, 0.15) is 46.5 Å². The highest BCUT2D eigenvalue weighted by atomic mass is 16.6. The molecule has 98 valence electrons. The summed E-state index contributed by atoms with van der Waals surface area (Å²) in [4.78, 5) is 11.7. The molecule has 17 heavy (non-hydrogen) atoms. The maximum atomic E-state index is 11.7. The molecule has 2 rings (SSSR count). The quantitative estimate of drug-likeness (QED) is 0.737. The van der Waals surface area contributed by atoms with Crippen molar-refractivity contribution in [1.82, 2.24) is 10.6 Å². The minimum absolute atomic E-state index is 0.222. The van der Waals surface area contributed by atoms with E-state index in [0.29, 0.717) is 6.04 Å². The van der Waals surface area contributed by atoms with Gasteiger partial charge in [0.1, 0.15) is 5.60 Å². The van der Waals surface area contributed by atoms with Crippen molar-refractivity contribution in [2.45, 2.75) is 64.1 Å². The van der Waals surface area contributed by atoms with E-state index in [1.807, 2.05) is 20.8 Å². The van der Waals surface area contributed by atoms with E-state index in [2.05, 4.69) is 10.6 Å². The number of fused-ring (bicyclic) bond motifs is 2. The van der Waals surface area contributed by atoms with Crippen LogP contribution in [0.2, 0.25) is 0 Å². The third-order valence-corrected chi connectivity index (χ3v) is 3.53. The molecule has 1 aliphatic carbocycles. The van der Waals surface area contributed by atoms with Crippen molar-refractivity contribution in [3.8, 4) is 0 Å². The largest absolute Gasteiger partial charge is 0.444 e. The van der Waals surface area contributed by atoms with Gasteiger partial charge in [0, 0.05) is 18.6 Å². The van der Waals surface area contributed by atoms with E-state index in [0.717, 1.165) is 18.9 Å². The minimum atomic E-state index is -0.415. The predicted octanol–water partition coefficient (Wildman–Crippen LogP) is 2.04. The Morgan fingerprint density at radius 1 is 1.29 bits per heavy atom. The lowest BCUT2D eigenvalue weighted by molar-refractivity contribution is 0.0498. The van der Waals surface area contributed by atoms with Gasteiger partial charge in [-0.2, -0.15) is 0 Å². The lowest BCUT2D eigenvalue weighted by Crippen LogP contribution is -2.45. The molecule has 0 radical (unpaired) electrons. The predicted molar refractivity (Wildman–Crippen MR) is 66.9 cm³/mol. The normalized spacial score (nSPS) is 33.0. The molecule has 4 nitrogen and oxygen atoms in total. The van der Waals surface area contributed by atoms with Crippen molar-refractivity contribution in [2.24, 2.45) is 5.92 Å². The molecule has 0 spiro atoms. The summed E-state index contributed by atoms with van der Waals surface area (Å²) in [6, 6.07) is 0.894. The Hall–Kier alpha value is -0.770. The Kier molecular flexibility index (Phi) is 3.61. The van der Waals surface area contributed by atoms with Crippen LogP contribution in [0.15, 0.2) is 0 Å². The SMILES string of the molecule is CC(C)(C)OC(=O)N[C@H]1CN[C@H]2CC[C@H](C2)C1. The number of amides is 1. The smallest absolute Gasteiger partial charge is 0.407 e. The average molecular weight is 240 g/mol. The van der Waals surface area contributed by atoms with E-state index in [-0.39, 0.29) is 12.1 Å². The second kappa shape index (κ2) is 4.84. The fraction of sp³-hybridized carbons (Fsp3) is 0.923. The summed E-state index contributed by atoms with van der Waals surface area (Å²) in [7, 11) is 0. The Morgan fingerprint density at radius 2 is 2.06 bits per heavy atom. The Morgan fingerprint density at radius 3 is 2.76 bits per heavy atom. The second-order valence-corrected chi connectivity index (χ2v) is 6.36. The van der Waals surface area contributed by atoms with Crippen molar-refractivity contribution >= 4 is 6.09 Å². The molecule has 1 saturated carbocycles. The number of rotatable bonds is 1. The number of ether oxygens (including phenoxy) is 1. The van der Waals surface area contributed by atoms with Gasteiger partial charge >= 0.3 is 6.09 Å². The van der Waals surface area contributed by atoms with Crippen LogP contribution in [-0.2, 0) is 4.74 Å². The highest BCUT2D eigenvalue weighted by molar-refractivity contribution is 5.68. The average Bonchev–Trinajstić information content (AvgIpc) is 2.48. The summed E-state index contributed by atoms with van der Waals surface area (Å²) >= 11 is 0. The van der Waals surface area contributed by atoms with Crippen LogP contribution in [-0.4, -0.2) is 30.3 Å². The number of hydrogen-bond donors (Lipinski definition) is 2. The van der Waals surface area contributed by atoms with Gasteiger partial charge in [0.05, 0.1) is 0 Å². The van der Waals surface area contributed by atoms with Gasteiger partial charge in [0.25, 0.3) is 0 Å². The van der Waals surface area contributed by atoms with E-state index in [1.54, 1.807) is 0 Å². The number of alkyl carbamates (subject to hydrolysis) is 1. The molecular weight excluding hydrogens is 216 g/mol. The Labute approximate surface area is 103 Å². The summed E-state index contributed by atoms with van der Waals surface area (Å²) in [5.41, 5.74) is -0.415. The molecule has 1 heterocycles. The summed E-state index contributed by atoms with van der Waals surface area (Å²) in [6.07, 6.45) is 4.66. The monoisotopic (exact) mass is 240 g/mol. The molecular formula is C13H24N2O2. The molecule has 2 fully saturated rings. The van der Waals surface area contributed by atoms with Crippen LogP contribution >= 0.6 is 0 Å². The zero-order valence-corrected chi connectivity index (χ0v) is 11.1. The number of hydrogen-bond acceptors (Lipinski definition) is 3. The first-order valence-electron chi connectivity index (χ1n) is 6.65. The summed E-state index contributed by atoms with van der Waals surface area (Å²) in [5.74, 6) is 0.773. The standard InChI is InChI=1S/C13H24N2O2/c1-13(2,3)17-12(16)15-11-7-9-4-5-10(6-9)14-8-11/h9-11,14H,4-8H2,1-3H3,(H,15,16)/t9-,10+,11-/m1/s1. The first-order chi connectivity index (χ1) is 7.92. The van der Waals surface area contributed by atoms with Crippen LogP contribution in [0.5, 0.6) is 0 Å². The maximum Gasteiger partial charge on any atom is 0.407 e. The Balaban J connectivity index is 1.81. The second-order valence-electron chi connectivity index (χ2n) is 6.36. The molecule has 4 heteroatoms. The first kappa shape index (κ1) is 12.7. The van der Waals surface area contributed by atoms with E-state index in [9.17, 15) is 4.79 Å². The van der Waals surface area contributed by atoms with Gasteiger partial charge in [-0.05, 0) is 52.4 Å². The molecule has 3 atom stereocenters. The van der Waals surface area contributed by atoms with Crippen LogP contribution in [0.25, 0.3) is 0 Å². The number of carbonyl (C=O) groups is 1. The van der Waals surface area contributed by atoms with Gasteiger partial charge in [-0.3, -0.25) is 0 Å². The maximum absolute atomic E-state index is 11.7. The zero-order chi connectivity index (χ0) is 12.5. The van der Waals surface area contributed by atoms with Crippen molar-refractivity contribution in [2.75, 3.05) is 6.54 Å². The van der Waals surface area contributed by atoms with Gasteiger partial charge < -0.3 is 15.4 Å². The van der Waals surface area contributed by atoms with Crippen molar-refractivity contribution < 1.29 is 9.53 Å². The Bertz CT molecular complexity index is 286.